The van der Waals surface area contributed by atoms with Crippen molar-refractivity contribution < 1.29 is 0 Å². The first-order valence-corrected chi connectivity index (χ1v) is 10.6. The van der Waals surface area contributed by atoms with Crippen molar-refractivity contribution in [1.82, 2.24) is 10.2 Å². The van der Waals surface area contributed by atoms with Gasteiger partial charge in [-0.15, -0.1) is 0 Å². The lowest BCUT2D eigenvalue weighted by molar-refractivity contribution is 0.290. The second-order valence-electron chi connectivity index (χ2n) is 8.00. The maximum atomic E-state index is 6.05. The molecule has 0 bridgehead atoms. The summed E-state index contributed by atoms with van der Waals surface area (Å²) in [6.07, 6.45) is 0. The molecule has 5 N–H and O–H groups in total. The van der Waals surface area contributed by atoms with Crippen LogP contribution in [0.5, 0.6) is 0 Å². The number of anilines is 4. The van der Waals surface area contributed by atoms with Crippen molar-refractivity contribution in [3.8, 4) is 0 Å². The molecule has 1 saturated heterocycles. The Hall–Kier alpha value is -2.44. The monoisotopic (exact) mass is 396 g/mol. The van der Waals surface area contributed by atoms with E-state index in [4.69, 9.17) is 11.5 Å². The highest BCUT2D eigenvalue weighted by Crippen LogP contribution is 2.24. The van der Waals surface area contributed by atoms with E-state index in [0.717, 1.165) is 74.9 Å². The number of likely N-dealkylation sites (N-methyl/N-ethyl adjacent to an activating group) is 1. The van der Waals surface area contributed by atoms with Crippen LogP contribution in [0.15, 0.2) is 36.4 Å². The van der Waals surface area contributed by atoms with E-state index in [9.17, 15) is 0 Å². The summed E-state index contributed by atoms with van der Waals surface area (Å²) in [4.78, 5) is 7.53. The molecule has 1 heterocycles. The zero-order valence-corrected chi connectivity index (χ0v) is 18.1. The van der Waals surface area contributed by atoms with Gasteiger partial charge in [-0.25, -0.2) is 0 Å². The van der Waals surface area contributed by atoms with Gasteiger partial charge in [0, 0.05) is 75.1 Å². The van der Waals surface area contributed by atoms with Crippen molar-refractivity contribution in [2.75, 3.05) is 80.7 Å². The number of nitrogens with zero attached hydrogens (tertiary/aromatic N) is 3. The van der Waals surface area contributed by atoms with E-state index in [0.29, 0.717) is 0 Å². The van der Waals surface area contributed by atoms with Gasteiger partial charge in [0.1, 0.15) is 0 Å². The summed E-state index contributed by atoms with van der Waals surface area (Å²) in [6, 6.07) is 12.8. The lowest BCUT2D eigenvalue weighted by Gasteiger charge is -2.29. The minimum Gasteiger partial charge on any atom is -0.399 e. The SMILES string of the molecule is CNCCN1CCN(c2ccc(N)c(C)c2)CCN(c2ccc(N)c(C)c2)CC1. The van der Waals surface area contributed by atoms with Gasteiger partial charge in [0.2, 0.25) is 0 Å². The second-order valence-corrected chi connectivity index (χ2v) is 8.00. The second kappa shape index (κ2) is 9.85. The third-order valence-corrected chi connectivity index (χ3v) is 5.93. The largest absolute Gasteiger partial charge is 0.399 e. The number of nitrogens with one attached hydrogen (secondary N) is 1. The fourth-order valence-electron chi connectivity index (χ4n) is 3.82. The summed E-state index contributed by atoms with van der Waals surface area (Å²) >= 11 is 0. The van der Waals surface area contributed by atoms with Crippen molar-refractivity contribution in [2.24, 2.45) is 0 Å². The molecule has 2 aromatic rings. The predicted molar refractivity (Wildman–Crippen MR) is 126 cm³/mol. The van der Waals surface area contributed by atoms with Crippen molar-refractivity contribution in [1.29, 1.82) is 0 Å². The summed E-state index contributed by atoms with van der Waals surface area (Å²) in [7, 11) is 2.02. The standard InChI is InChI=1S/C23H36N6/c1-18-16-20(4-6-22(18)24)28-12-10-27(9-8-26-3)11-13-29(15-14-28)21-5-7-23(25)19(2)17-21/h4-7,16-17,26H,8-15,24-25H2,1-3H3. The van der Waals surface area contributed by atoms with Gasteiger partial charge < -0.3 is 26.6 Å². The molecule has 6 heteroatoms. The topological polar surface area (TPSA) is 73.8 Å². The number of benzene rings is 2. The Morgan fingerprint density at radius 1 is 0.759 bits per heavy atom. The van der Waals surface area contributed by atoms with Crippen LogP contribution >= 0.6 is 0 Å². The summed E-state index contributed by atoms with van der Waals surface area (Å²) in [6.45, 7) is 12.3. The van der Waals surface area contributed by atoms with Crippen LogP contribution in [0.4, 0.5) is 22.7 Å². The molecule has 0 amide bonds. The molecule has 1 fully saturated rings. The summed E-state index contributed by atoms with van der Waals surface area (Å²) in [5, 5.41) is 3.28. The van der Waals surface area contributed by atoms with E-state index in [1.807, 2.05) is 19.2 Å². The van der Waals surface area contributed by atoms with Crippen molar-refractivity contribution in [2.45, 2.75) is 13.8 Å². The molecule has 0 aromatic heterocycles. The Balaban J connectivity index is 1.83. The van der Waals surface area contributed by atoms with E-state index in [-0.39, 0.29) is 0 Å². The molecule has 0 saturated carbocycles. The van der Waals surface area contributed by atoms with E-state index >= 15 is 0 Å². The molecule has 1 aliphatic heterocycles. The summed E-state index contributed by atoms with van der Waals surface area (Å²) in [5.74, 6) is 0. The van der Waals surface area contributed by atoms with Crippen LogP contribution in [0.1, 0.15) is 11.1 Å². The molecule has 0 radical (unpaired) electrons. The molecule has 0 atom stereocenters. The quantitative estimate of drug-likeness (QED) is 0.674. The Labute approximate surface area is 175 Å². The summed E-state index contributed by atoms with van der Waals surface area (Å²) < 4.78 is 0. The predicted octanol–water partition coefficient (Wildman–Crippen LogP) is 2.32. The van der Waals surface area contributed by atoms with Gasteiger partial charge >= 0.3 is 0 Å². The molecular weight excluding hydrogens is 360 g/mol. The molecule has 158 valence electrons. The zero-order chi connectivity index (χ0) is 20.8. The lowest BCUT2D eigenvalue weighted by Crippen LogP contribution is -2.39. The van der Waals surface area contributed by atoms with Crippen LogP contribution in [0.3, 0.4) is 0 Å². The van der Waals surface area contributed by atoms with Crippen LogP contribution in [0.25, 0.3) is 0 Å². The van der Waals surface area contributed by atoms with Gasteiger partial charge in [-0.1, -0.05) is 0 Å². The van der Waals surface area contributed by atoms with E-state index in [1.165, 1.54) is 11.4 Å². The highest BCUT2D eigenvalue weighted by atomic mass is 15.3. The number of rotatable bonds is 5. The van der Waals surface area contributed by atoms with Crippen LogP contribution in [0, 0.1) is 13.8 Å². The molecule has 3 rings (SSSR count). The highest BCUT2D eigenvalue weighted by Gasteiger charge is 2.17. The maximum absolute atomic E-state index is 6.05. The fourth-order valence-corrected chi connectivity index (χ4v) is 3.82. The van der Waals surface area contributed by atoms with E-state index in [1.54, 1.807) is 0 Å². The first-order valence-electron chi connectivity index (χ1n) is 10.6. The smallest absolute Gasteiger partial charge is 0.0371 e. The van der Waals surface area contributed by atoms with Gasteiger partial charge in [-0.3, -0.25) is 4.90 Å². The number of aryl methyl sites for hydroxylation is 2. The maximum Gasteiger partial charge on any atom is 0.0371 e. The van der Waals surface area contributed by atoms with E-state index in [2.05, 4.69) is 58.1 Å². The van der Waals surface area contributed by atoms with Gasteiger partial charge in [0.15, 0.2) is 0 Å². The zero-order valence-electron chi connectivity index (χ0n) is 18.1. The van der Waals surface area contributed by atoms with Gasteiger partial charge in [0.25, 0.3) is 0 Å². The molecular formula is C23H36N6. The first kappa shape index (κ1) is 21.3. The van der Waals surface area contributed by atoms with Crippen molar-refractivity contribution >= 4 is 22.7 Å². The Bertz CT molecular complexity index is 742. The third kappa shape index (κ3) is 5.55. The van der Waals surface area contributed by atoms with Crippen LogP contribution < -0.4 is 26.6 Å². The number of nitrogens with two attached hydrogens (primary N) is 2. The average molecular weight is 397 g/mol. The first-order chi connectivity index (χ1) is 14.0. The number of nitrogen functional groups attached to an aromatic ring is 2. The van der Waals surface area contributed by atoms with Gasteiger partial charge in [0.05, 0.1) is 0 Å². The van der Waals surface area contributed by atoms with Crippen LogP contribution in [-0.4, -0.2) is 64.3 Å². The Morgan fingerprint density at radius 3 is 1.62 bits per heavy atom. The molecule has 0 aliphatic carbocycles. The molecule has 2 aromatic carbocycles. The minimum absolute atomic E-state index is 0.854. The molecule has 6 nitrogen and oxygen atoms in total. The molecule has 1 aliphatic rings. The molecule has 0 spiro atoms. The number of hydrogen-bond acceptors (Lipinski definition) is 6. The van der Waals surface area contributed by atoms with Gasteiger partial charge in [-0.05, 0) is 68.4 Å². The Kier molecular flexibility index (Phi) is 7.23. The lowest BCUT2D eigenvalue weighted by atomic mass is 10.1. The van der Waals surface area contributed by atoms with Crippen LogP contribution in [0.2, 0.25) is 0 Å². The highest BCUT2D eigenvalue weighted by molar-refractivity contribution is 5.60. The Morgan fingerprint density at radius 2 is 1.21 bits per heavy atom. The third-order valence-electron chi connectivity index (χ3n) is 5.93. The van der Waals surface area contributed by atoms with E-state index < -0.39 is 0 Å². The average Bonchev–Trinajstić information content (AvgIpc) is 2.81. The van der Waals surface area contributed by atoms with Crippen molar-refractivity contribution in [3.63, 3.8) is 0 Å². The molecule has 29 heavy (non-hydrogen) atoms. The van der Waals surface area contributed by atoms with Crippen LogP contribution in [-0.2, 0) is 0 Å². The van der Waals surface area contributed by atoms with Crippen molar-refractivity contribution in [3.05, 3.63) is 47.5 Å². The fraction of sp³-hybridized carbons (Fsp3) is 0.478. The molecule has 0 unspecified atom stereocenters. The number of hydrogen-bond donors (Lipinski definition) is 3. The summed E-state index contributed by atoms with van der Waals surface area (Å²) in [5.41, 5.74) is 18.6. The normalized spacial score (nSPS) is 16.4. The minimum atomic E-state index is 0.854. The van der Waals surface area contributed by atoms with Gasteiger partial charge in [-0.2, -0.15) is 0 Å².